The SMILES string of the molecule is CC(=O)c1ccc(N2CN3CC=C4C(c5ccc(NC(C)(C)C)cc5OC4(C)C)N3C2)cc1. The molecule has 6 heteroatoms. The lowest BCUT2D eigenvalue weighted by molar-refractivity contribution is -0.0296. The molecule has 0 aromatic heterocycles. The fourth-order valence-electron chi connectivity index (χ4n) is 5.14. The van der Waals surface area contributed by atoms with Gasteiger partial charge in [0.05, 0.1) is 19.4 Å². The predicted molar refractivity (Wildman–Crippen MR) is 133 cm³/mol. The molecule has 0 aliphatic carbocycles. The van der Waals surface area contributed by atoms with Crippen LogP contribution >= 0.6 is 0 Å². The van der Waals surface area contributed by atoms with Gasteiger partial charge in [-0.3, -0.25) is 4.79 Å². The average Bonchev–Trinajstić information content (AvgIpc) is 3.16. The number of hydrogen-bond donors (Lipinski definition) is 1. The number of Topliss-reactive ketones (excluding diaryl/α,β-unsaturated/α-hetero) is 1. The standard InChI is InChI=1S/C27H34N4O2/c1-18(32)19-7-10-21(11-8-19)29-16-30-14-13-23-25(31(30)17-29)22-12-9-20(28-26(2,3)4)15-24(22)33-27(23,5)6/h7-13,15,25,28H,14,16-17H2,1-6H3. The number of hydrogen-bond acceptors (Lipinski definition) is 6. The first-order chi connectivity index (χ1) is 15.5. The van der Waals surface area contributed by atoms with Crippen LogP contribution in [-0.2, 0) is 0 Å². The van der Waals surface area contributed by atoms with Gasteiger partial charge in [0.2, 0.25) is 0 Å². The number of carbonyl (C=O) groups is 1. The van der Waals surface area contributed by atoms with Crippen LogP contribution in [0.3, 0.4) is 0 Å². The Balaban J connectivity index is 1.47. The van der Waals surface area contributed by atoms with E-state index in [1.165, 1.54) is 11.1 Å². The number of carbonyl (C=O) groups excluding carboxylic acids is 1. The molecule has 1 N–H and O–H groups in total. The highest BCUT2D eigenvalue weighted by molar-refractivity contribution is 5.94. The van der Waals surface area contributed by atoms with Gasteiger partial charge >= 0.3 is 0 Å². The second-order valence-corrected chi connectivity index (χ2v) is 10.9. The van der Waals surface area contributed by atoms with Gasteiger partial charge in [0.25, 0.3) is 0 Å². The summed E-state index contributed by atoms with van der Waals surface area (Å²) in [6.45, 7) is 14.9. The van der Waals surface area contributed by atoms with Gasteiger partial charge in [-0.2, -0.15) is 0 Å². The molecule has 0 bridgehead atoms. The number of anilines is 2. The summed E-state index contributed by atoms with van der Waals surface area (Å²) >= 11 is 0. The molecular weight excluding hydrogens is 412 g/mol. The van der Waals surface area contributed by atoms with Gasteiger partial charge < -0.3 is 15.0 Å². The van der Waals surface area contributed by atoms with Gasteiger partial charge in [0.1, 0.15) is 11.4 Å². The average molecular weight is 447 g/mol. The van der Waals surface area contributed by atoms with Gasteiger partial charge in [-0.25, -0.2) is 10.0 Å². The van der Waals surface area contributed by atoms with Crippen LogP contribution in [0.2, 0.25) is 0 Å². The van der Waals surface area contributed by atoms with E-state index >= 15 is 0 Å². The zero-order valence-electron chi connectivity index (χ0n) is 20.5. The van der Waals surface area contributed by atoms with E-state index in [9.17, 15) is 4.79 Å². The van der Waals surface area contributed by atoms with Gasteiger partial charge in [0, 0.05) is 40.7 Å². The van der Waals surface area contributed by atoms with E-state index in [1.54, 1.807) is 6.92 Å². The maximum atomic E-state index is 11.7. The van der Waals surface area contributed by atoms with E-state index < -0.39 is 0 Å². The number of rotatable bonds is 3. The summed E-state index contributed by atoms with van der Waals surface area (Å²) in [5.41, 5.74) is 5.09. The maximum absolute atomic E-state index is 11.7. The topological polar surface area (TPSA) is 48.1 Å². The molecule has 3 aliphatic rings. The largest absolute Gasteiger partial charge is 0.483 e. The second kappa shape index (κ2) is 7.61. The van der Waals surface area contributed by atoms with Crippen LogP contribution in [0.5, 0.6) is 5.75 Å². The summed E-state index contributed by atoms with van der Waals surface area (Å²) in [7, 11) is 0. The molecule has 6 nitrogen and oxygen atoms in total. The van der Waals surface area contributed by atoms with Crippen molar-refractivity contribution in [2.75, 3.05) is 30.1 Å². The molecule has 2 aromatic carbocycles. The number of benzene rings is 2. The Hall–Kier alpha value is -2.83. The Morgan fingerprint density at radius 2 is 1.82 bits per heavy atom. The van der Waals surface area contributed by atoms with Gasteiger partial charge in [-0.1, -0.05) is 12.1 Å². The zero-order chi connectivity index (χ0) is 23.5. The van der Waals surface area contributed by atoms with Gasteiger partial charge in [-0.05, 0) is 77.4 Å². The minimum atomic E-state index is -0.374. The first-order valence-corrected chi connectivity index (χ1v) is 11.7. The number of fused-ring (bicyclic) bond motifs is 5. The summed E-state index contributed by atoms with van der Waals surface area (Å²) in [4.78, 5) is 14.0. The summed E-state index contributed by atoms with van der Waals surface area (Å²) < 4.78 is 6.54. The summed E-state index contributed by atoms with van der Waals surface area (Å²) in [6.07, 6.45) is 2.34. The van der Waals surface area contributed by atoms with Crippen molar-refractivity contribution >= 4 is 17.2 Å². The van der Waals surface area contributed by atoms with Crippen molar-refractivity contribution < 1.29 is 9.53 Å². The third-order valence-electron chi connectivity index (χ3n) is 6.65. The highest BCUT2D eigenvalue weighted by Crippen LogP contribution is 2.50. The Morgan fingerprint density at radius 3 is 2.48 bits per heavy atom. The van der Waals surface area contributed by atoms with E-state index in [1.807, 2.05) is 12.1 Å². The lowest BCUT2D eigenvalue weighted by atomic mass is 9.82. The molecule has 1 unspecified atom stereocenters. The van der Waals surface area contributed by atoms with E-state index in [4.69, 9.17) is 4.74 Å². The van der Waals surface area contributed by atoms with Crippen LogP contribution in [0, 0.1) is 0 Å². The van der Waals surface area contributed by atoms with Gasteiger partial charge in [-0.15, -0.1) is 0 Å². The van der Waals surface area contributed by atoms with E-state index in [0.29, 0.717) is 0 Å². The van der Waals surface area contributed by atoms with Crippen molar-refractivity contribution in [3.63, 3.8) is 0 Å². The van der Waals surface area contributed by atoms with Crippen LogP contribution in [0.25, 0.3) is 0 Å². The normalized spacial score (nSPS) is 22.1. The van der Waals surface area contributed by atoms with Crippen molar-refractivity contribution in [1.29, 1.82) is 0 Å². The van der Waals surface area contributed by atoms with Crippen LogP contribution in [0.1, 0.15) is 63.5 Å². The smallest absolute Gasteiger partial charge is 0.159 e. The molecule has 0 amide bonds. The van der Waals surface area contributed by atoms with Crippen LogP contribution in [0.15, 0.2) is 54.1 Å². The van der Waals surface area contributed by atoms with E-state index in [-0.39, 0.29) is 23.0 Å². The van der Waals surface area contributed by atoms with Gasteiger partial charge in [0.15, 0.2) is 5.78 Å². The molecule has 3 aliphatic heterocycles. The van der Waals surface area contributed by atoms with Crippen LogP contribution in [-0.4, -0.2) is 46.8 Å². The quantitative estimate of drug-likeness (QED) is 0.516. The first-order valence-electron chi connectivity index (χ1n) is 11.7. The Labute approximate surface area is 196 Å². The molecule has 174 valence electrons. The van der Waals surface area contributed by atoms with Crippen LogP contribution in [0.4, 0.5) is 11.4 Å². The number of nitrogens with one attached hydrogen (secondary N) is 1. The van der Waals surface area contributed by atoms with Crippen molar-refractivity contribution in [1.82, 2.24) is 10.0 Å². The predicted octanol–water partition coefficient (Wildman–Crippen LogP) is 5.21. The van der Waals surface area contributed by atoms with E-state index in [0.717, 1.165) is 42.6 Å². The highest BCUT2D eigenvalue weighted by atomic mass is 16.5. The van der Waals surface area contributed by atoms with E-state index in [2.05, 4.69) is 91.3 Å². The third kappa shape index (κ3) is 4.02. The lowest BCUT2D eigenvalue weighted by Crippen LogP contribution is -2.51. The summed E-state index contributed by atoms with van der Waals surface area (Å²) in [6, 6.07) is 14.6. The summed E-state index contributed by atoms with van der Waals surface area (Å²) in [5.74, 6) is 1.04. The third-order valence-corrected chi connectivity index (χ3v) is 6.65. The minimum Gasteiger partial charge on any atom is -0.483 e. The first kappa shape index (κ1) is 22.0. The molecular formula is C27H34N4O2. The minimum absolute atomic E-state index is 0.0154. The maximum Gasteiger partial charge on any atom is 0.159 e. The fourth-order valence-corrected chi connectivity index (χ4v) is 5.14. The molecule has 2 aromatic rings. The Kier molecular flexibility index (Phi) is 5.07. The molecule has 0 saturated carbocycles. The molecule has 1 atom stereocenters. The lowest BCUT2D eigenvalue weighted by Gasteiger charge is -2.48. The molecule has 3 heterocycles. The second-order valence-electron chi connectivity index (χ2n) is 10.9. The molecule has 5 rings (SSSR count). The zero-order valence-corrected chi connectivity index (χ0v) is 20.5. The monoisotopic (exact) mass is 446 g/mol. The Morgan fingerprint density at radius 1 is 1.09 bits per heavy atom. The number of hydrazine groups is 1. The number of ether oxygens (including phenoxy) is 1. The number of ketones is 1. The summed E-state index contributed by atoms with van der Waals surface area (Å²) in [5, 5.41) is 8.44. The van der Waals surface area contributed by atoms with Crippen molar-refractivity contribution in [3.05, 3.63) is 65.2 Å². The Bertz CT molecular complexity index is 1110. The van der Waals surface area contributed by atoms with Crippen molar-refractivity contribution in [2.45, 2.75) is 58.7 Å². The molecule has 1 fully saturated rings. The molecule has 0 radical (unpaired) electrons. The van der Waals surface area contributed by atoms with Crippen molar-refractivity contribution in [3.8, 4) is 5.75 Å². The highest BCUT2D eigenvalue weighted by Gasteiger charge is 2.47. The fraction of sp³-hybridized carbons (Fsp3) is 0.444. The molecule has 0 spiro atoms. The number of nitrogens with zero attached hydrogens (tertiary/aromatic N) is 3. The van der Waals surface area contributed by atoms with Crippen molar-refractivity contribution in [2.24, 2.45) is 0 Å². The molecule has 33 heavy (non-hydrogen) atoms. The molecule has 1 saturated heterocycles. The van der Waals surface area contributed by atoms with Crippen LogP contribution < -0.4 is 15.0 Å².